The van der Waals surface area contributed by atoms with E-state index in [0.717, 1.165) is 22.5 Å². The number of nitrogens with zero attached hydrogens (tertiary/aromatic N) is 3. The van der Waals surface area contributed by atoms with Gasteiger partial charge in [0.15, 0.2) is 17.3 Å². The number of benzene rings is 1. The Morgan fingerprint density at radius 2 is 1.79 bits per heavy atom. The van der Waals surface area contributed by atoms with Crippen LogP contribution >= 0.6 is 0 Å². The summed E-state index contributed by atoms with van der Waals surface area (Å²) in [5.74, 6) is 1.75. The molecule has 3 aromatic rings. The van der Waals surface area contributed by atoms with Crippen LogP contribution in [0, 0.1) is 20.8 Å². The van der Waals surface area contributed by atoms with Gasteiger partial charge in [-0.2, -0.15) is 5.10 Å². The Bertz CT molecular complexity index is 1030. The maximum Gasteiger partial charge on any atom is 0.253 e. The van der Waals surface area contributed by atoms with Crippen molar-refractivity contribution in [1.82, 2.24) is 20.1 Å². The second kappa shape index (κ2) is 8.34. The van der Waals surface area contributed by atoms with E-state index in [-0.39, 0.29) is 11.9 Å². The minimum Gasteiger partial charge on any atom is -0.493 e. The van der Waals surface area contributed by atoms with E-state index in [9.17, 15) is 4.79 Å². The smallest absolute Gasteiger partial charge is 0.253 e. The Morgan fingerprint density at radius 3 is 2.34 bits per heavy atom. The predicted molar refractivity (Wildman–Crippen MR) is 111 cm³/mol. The number of methoxy groups -OCH3 is 2. The molecule has 1 atom stereocenters. The summed E-state index contributed by atoms with van der Waals surface area (Å²) in [7, 11) is 3.18. The SMILES string of the molecule is COc1ccc([C@H](C)NC(=O)c2ccc(-n3nc(C)c(C)c3C)nc2)cc1OC. The van der Waals surface area contributed by atoms with Crippen LogP contribution in [0.4, 0.5) is 0 Å². The van der Waals surface area contributed by atoms with E-state index in [4.69, 9.17) is 9.47 Å². The van der Waals surface area contributed by atoms with E-state index in [0.29, 0.717) is 22.9 Å². The molecule has 0 aliphatic carbocycles. The number of pyridine rings is 1. The zero-order valence-corrected chi connectivity index (χ0v) is 17.6. The highest BCUT2D eigenvalue weighted by Gasteiger charge is 2.15. The standard InChI is InChI=1S/C22H26N4O3/c1-13-14(2)25-26(16(13)4)21-10-8-18(12-23-21)22(27)24-15(3)17-7-9-19(28-5)20(11-17)29-6/h7-12,15H,1-6H3,(H,24,27)/t15-/m0/s1. The Kier molecular flexibility index (Phi) is 5.87. The molecule has 0 fully saturated rings. The van der Waals surface area contributed by atoms with Crippen LogP contribution in [-0.2, 0) is 0 Å². The van der Waals surface area contributed by atoms with Crippen molar-refractivity contribution in [3.05, 3.63) is 64.6 Å². The highest BCUT2D eigenvalue weighted by molar-refractivity contribution is 5.94. The predicted octanol–water partition coefficient (Wildman–Crippen LogP) is 3.70. The van der Waals surface area contributed by atoms with E-state index in [1.807, 2.05) is 45.9 Å². The van der Waals surface area contributed by atoms with Crippen LogP contribution < -0.4 is 14.8 Å². The summed E-state index contributed by atoms with van der Waals surface area (Å²) in [4.78, 5) is 17.1. The fraction of sp³-hybridized carbons (Fsp3) is 0.318. The number of carbonyl (C=O) groups is 1. The fourth-order valence-electron chi connectivity index (χ4n) is 3.07. The maximum atomic E-state index is 12.6. The van der Waals surface area contributed by atoms with Crippen molar-refractivity contribution in [1.29, 1.82) is 0 Å². The van der Waals surface area contributed by atoms with Crippen LogP contribution in [0.25, 0.3) is 5.82 Å². The molecule has 0 spiro atoms. The van der Waals surface area contributed by atoms with Crippen LogP contribution in [0.5, 0.6) is 11.5 Å². The first-order valence-corrected chi connectivity index (χ1v) is 9.37. The summed E-state index contributed by atoms with van der Waals surface area (Å²) in [6, 6.07) is 8.93. The Balaban J connectivity index is 1.74. The normalized spacial score (nSPS) is 11.8. The van der Waals surface area contributed by atoms with Gasteiger partial charge >= 0.3 is 0 Å². The largest absolute Gasteiger partial charge is 0.493 e. The van der Waals surface area contributed by atoms with E-state index in [1.54, 1.807) is 37.2 Å². The monoisotopic (exact) mass is 394 g/mol. The molecule has 0 saturated heterocycles. The van der Waals surface area contributed by atoms with Crippen LogP contribution in [-0.4, -0.2) is 34.9 Å². The molecule has 0 aliphatic rings. The number of nitrogens with one attached hydrogen (secondary N) is 1. The number of hydrogen-bond acceptors (Lipinski definition) is 5. The number of ether oxygens (including phenoxy) is 2. The molecule has 2 heterocycles. The summed E-state index contributed by atoms with van der Waals surface area (Å²) in [6.07, 6.45) is 1.57. The summed E-state index contributed by atoms with van der Waals surface area (Å²) >= 11 is 0. The van der Waals surface area contributed by atoms with Gasteiger partial charge in [0.05, 0.1) is 31.5 Å². The zero-order valence-electron chi connectivity index (χ0n) is 17.6. The second-order valence-electron chi connectivity index (χ2n) is 6.92. The van der Waals surface area contributed by atoms with E-state index >= 15 is 0 Å². The van der Waals surface area contributed by atoms with Crippen LogP contribution in [0.1, 0.15) is 45.8 Å². The molecular weight excluding hydrogens is 368 g/mol. The lowest BCUT2D eigenvalue weighted by Gasteiger charge is -2.16. The van der Waals surface area contributed by atoms with Crippen molar-refractivity contribution < 1.29 is 14.3 Å². The van der Waals surface area contributed by atoms with Crippen LogP contribution in [0.3, 0.4) is 0 Å². The summed E-state index contributed by atoms with van der Waals surface area (Å²) in [6.45, 7) is 7.92. The van der Waals surface area contributed by atoms with Gasteiger partial charge < -0.3 is 14.8 Å². The molecule has 0 radical (unpaired) electrons. The first-order chi connectivity index (χ1) is 13.8. The van der Waals surface area contributed by atoms with Crippen molar-refractivity contribution >= 4 is 5.91 Å². The average Bonchev–Trinajstić information content (AvgIpc) is 3.00. The topological polar surface area (TPSA) is 78.3 Å². The van der Waals surface area contributed by atoms with Gasteiger partial charge in [-0.05, 0) is 63.1 Å². The zero-order chi connectivity index (χ0) is 21.1. The highest BCUT2D eigenvalue weighted by Crippen LogP contribution is 2.30. The Hall–Kier alpha value is -3.35. The van der Waals surface area contributed by atoms with Gasteiger partial charge in [-0.15, -0.1) is 0 Å². The Labute approximate surface area is 170 Å². The molecule has 7 heteroatoms. The number of hydrogen-bond donors (Lipinski definition) is 1. The lowest BCUT2D eigenvalue weighted by Crippen LogP contribution is -2.26. The third-order valence-corrected chi connectivity index (χ3v) is 5.14. The summed E-state index contributed by atoms with van der Waals surface area (Å²) in [5, 5.41) is 7.49. The number of amides is 1. The van der Waals surface area contributed by atoms with E-state index < -0.39 is 0 Å². The summed E-state index contributed by atoms with van der Waals surface area (Å²) in [5.41, 5.74) is 4.54. The van der Waals surface area contributed by atoms with Crippen LogP contribution in [0.15, 0.2) is 36.5 Å². The van der Waals surface area contributed by atoms with Gasteiger partial charge in [-0.25, -0.2) is 9.67 Å². The first-order valence-electron chi connectivity index (χ1n) is 9.37. The van der Waals surface area contributed by atoms with Crippen LogP contribution in [0.2, 0.25) is 0 Å². The van der Waals surface area contributed by atoms with Crippen molar-refractivity contribution in [3.8, 4) is 17.3 Å². The molecule has 0 aliphatic heterocycles. The lowest BCUT2D eigenvalue weighted by molar-refractivity contribution is 0.0939. The lowest BCUT2D eigenvalue weighted by atomic mass is 10.1. The van der Waals surface area contributed by atoms with Crippen molar-refractivity contribution in [2.45, 2.75) is 33.7 Å². The minimum absolute atomic E-state index is 0.198. The number of carbonyl (C=O) groups excluding carboxylic acids is 1. The molecule has 7 nitrogen and oxygen atoms in total. The van der Waals surface area contributed by atoms with Gasteiger partial charge in [0.25, 0.3) is 5.91 Å². The molecule has 1 amide bonds. The number of aryl methyl sites for hydroxylation is 1. The molecule has 0 unspecified atom stereocenters. The molecule has 29 heavy (non-hydrogen) atoms. The van der Waals surface area contributed by atoms with Crippen molar-refractivity contribution in [2.24, 2.45) is 0 Å². The third-order valence-electron chi connectivity index (χ3n) is 5.14. The Morgan fingerprint density at radius 1 is 1.07 bits per heavy atom. The van der Waals surface area contributed by atoms with Gasteiger partial charge in [0.2, 0.25) is 0 Å². The molecule has 0 bridgehead atoms. The maximum absolute atomic E-state index is 12.6. The van der Waals surface area contributed by atoms with Gasteiger partial charge in [0.1, 0.15) is 0 Å². The van der Waals surface area contributed by atoms with Gasteiger partial charge in [-0.3, -0.25) is 4.79 Å². The molecule has 0 saturated carbocycles. The number of aromatic nitrogens is 3. The summed E-state index contributed by atoms with van der Waals surface area (Å²) < 4.78 is 12.4. The van der Waals surface area contributed by atoms with E-state index in [1.165, 1.54) is 0 Å². The molecule has 3 rings (SSSR count). The van der Waals surface area contributed by atoms with Crippen molar-refractivity contribution in [3.63, 3.8) is 0 Å². The molecule has 152 valence electrons. The van der Waals surface area contributed by atoms with E-state index in [2.05, 4.69) is 15.4 Å². The van der Waals surface area contributed by atoms with Crippen molar-refractivity contribution in [2.75, 3.05) is 14.2 Å². The van der Waals surface area contributed by atoms with Gasteiger partial charge in [0, 0.05) is 11.9 Å². The second-order valence-corrected chi connectivity index (χ2v) is 6.92. The third kappa shape index (κ3) is 4.08. The quantitative estimate of drug-likeness (QED) is 0.690. The fourth-order valence-corrected chi connectivity index (χ4v) is 3.07. The highest BCUT2D eigenvalue weighted by atomic mass is 16.5. The average molecular weight is 394 g/mol. The number of rotatable bonds is 6. The minimum atomic E-state index is -0.208. The van der Waals surface area contributed by atoms with Gasteiger partial charge in [-0.1, -0.05) is 6.07 Å². The molecule has 1 aromatic carbocycles. The molecule has 1 N–H and O–H groups in total. The molecule has 2 aromatic heterocycles. The molecular formula is C22H26N4O3. The first kappa shape index (κ1) is 20.4.